The first kappa shape index (κ1) is 22.6. The number of rotatable bonds is 9. The molecule has 1 aromatic rings. The molecule has 1 aliphatic heterocycles. The van der Waals surface area contributed by atoms with E-state index in [4.69, 9.17) is 0 Å². The second-order valence-corrected chi connectivity index (χ2v) is 11.5. The van der Waals surface area contributed by atoms with Gasteiger partial charge in [0.2, 0.25) is 5.91 Å². The first-order chi connectivity index (χ1) is 13.1. The van der Waals surface area contributed by atoms with Crippen molar-refractivity contribution in [3.05, 3.63) is 29.8 Å². The maximum Gasteiger partial charge on any atom is 0.226 e. The van der Waals surface area contributed by atoms with Crippen LogP contribution in [0.5, 0.6) is 0 Å². The summed E-state index contributed by atoms with van der Waals surface area (Å²) < 4.78 is 23.4. The van der Waals surface area contributed by atoms with Crippen molar-refractivity contribution in [2.45, 2.75) is 76.9 Å². The van der Waals surface area contributed by atoms with Crippen LogP contribution < -0.4 is 4.90 Å². The van der Waals surface area contributed by atoms with E-state index in [9.17, 15) is 18.0 Å². The van der Waals surface area contributed by atoms with Gasteiger partial charge in [-0.05, 0) is 64.2 Å². The molecule has 0 bridgehead atoms. The average molecular weight is 408 g/mol. The maximum atomic E-state index is 12.2. The van der Waals surface area contributed by atoms with E-state index < -0.39 is 14.6 Å². The van der Waals surface area contributed by atoms with Crippen LogP contribution in [0.1, 0.15) is 71.3 Å². The third-order valence-corrected chi connectivity index (χ3v) is 7.97. The van der Waals surface area contributed by atoms with Gasteiger partial charge in [0, 0.05) is 31.5 Å². The average Bonchev–Trinajstić information content (AvgIpc) is 2.61. The lowest BCUT2D eigenvalue weighted by atomic mass is 10.0. The number of sulfone groups is 1. The number of unbranched alkanes of at least 4 members (excludes halogenated alkanes) is 2. The third-order valence-electron chi connectivity index (χ3n) is 5.27. The SMILES string of the molecule is CC(C)(C)S(=O)(=O)CCCCCC(=O)Cc1ccc(N2CCCCC2=O)cc1. The molecule has 0 aliphatic carbocycles. The zero-order chi connectivity index (χ0) is 20.8. The van der Waals surface area contributed by atoms with Crippen LogP contribution in [0.2, 0.25) is 0 Å². The smallest absolute Gasteiger partial charge is 0.226 e. The zero-order valence-electron chi connectivity index (χ0n) is 17.4. The molecule has 0 spiro atoms. The fraction of sp³-hybridized carbons (Fsp3) is 0.636. The van der Waals surface area contributed by atoms with Crippen LogP contribution in [-0.4, -0.2) is 37.2 Å². The Kier molecular flexibility index (Phi) is 7.81. The molecule has 2 rings (SSSR count). The maximum absolute atomic E-state index is 12.2. The molecule has 5 nitrogen and oxygen atoms in total. The molecule has 1 aromatic carbocycles. The van der Waals surface area contributed by atoms with E-state index >= 15 is 0 Å². The molecule has 1 aliphatic rings. The van der Waals surface area contributed by atoms with E-state index in [0.717, 1.165) is 43.5 Å². The summed E-state index contributed by atoms with van der Waals surface area (Å²) in [5.41, 5.74) is 1.86. The number of anilines is 1. The Bertz CT molecular complexity index is 776. The molecule has 156 valence electrons. The van der Waals surface area contributed by atoms with Crippen molar-refractivity contribution in [3.63, 3.8) is 0 Å². The van der Waals surface area contributed by atoms with E-state index in [1.165, 1.54) is 0 Å². The number of nitrogens with zero attached hydrogens (tertiary/aromatic N) is 1. The largest absolute Gasteiger partial charge is 0.312 e. The lowest BCUT2D eigenvalue weighted by Gasteiger charge is -2.26. The summed E-state index contributed by atoms with van der Waals surface area (Å²) in [5, 5.41) is 0. The van der Waals surface area contributed by atoms with Gasteiger partial charge in [0.15, 0.2) is 9.84 Å². The Labute approximate surface area is 169 Å². The number of hydrogen-bond donors (Lipinski definition) is 0. The van der Waals surface area contributed by atoms with Gasteiger partial charge in [0.05, 0.1) is 10.5 Å². The van der Waals surface area contributed by atoms with Crippen molar-refractivity contribution in [3.8, 4) is 0 Å². The number of benzene rings is 1. The van der Waals surface area contributed by atoms with Crippen molar-refractivity contribution in [1.29, 1.82) is 0 Å². The molecule has 0 saturated carbocycles. The van der Waals surface area contributed by atoms with Crippen LogP contribution in [0.15, 0.2) is 24.3 Å². The van der Waals surface area contributed by atoms with Crippen molar-refractivity contribution >= 4 is 27.2 Å². The van der Waals surface area contributed by atoms with E-state index in [1.54, 1.807) is 20.8 Å². The number of ketones is 1. The number of hydrogen-bond acceptors (Lipinski definition) is 4. The second-order valence-electron chi connectivity index (χ2n) is 8.63. The van der Waals surface area contributed by atoms with Gasteiger partial charge in [-0.15, -0.1) is 0 Å². The molecule has 28 heavy (non-hydrogen) atoms. The van der Waals surface area contributed by atoms with Crippen LogP contribution in [0.3, 0.4) is 0 Å². The van der Waals surface area contributed by atoms with Gasteiger partial charge in [0.1, 0.15) is 5.78 Å². The molecule has 6 heteroatoms. The summed E-state index contributed by atoms with van der Waals surface area (Å²) in [6.07, 6.45) is 5.53. The Morgan fingerprint density at radius 2 is 1.71 bits per heavy atom. The first-order valence-corrected chi connectivity index (χ1v) is 11.9. The monoisotopic (exact) mass is 407 g/mol. The lowest BCUT2D eigenvalue weighted by molar-refractivity contribution is -0.120. The molecule has 1 heterocycles. The molecule has 0 atom stereocenters. The van der Waals surface area contributed by atoms with Crippen molar-refractivity contribution in [1.82, 2.24) is 0 Å². The van der Waals surface area contributed by atoms with Gasteiger partial charge >= 0.3 is 0 Å². The number of Topliss-reactive ketones (excluding diaryl/α,β-unsaturated/α-hetero) is 1. The van der Waals surface area contributed by atoms with Crippen molar-refractivity contribution in [2.24, 2.45) is 0 Å². The van der Waals surface area contributed by atoms with Crippen molar-refractivity contribution in [2.75, 3.05) is 17.2 Å². The quantitative estimate of drug-likeness (QED) is 0.578. The number of amides is 1. The van der Waals surface area contributed by atoms with Crippen LogP contribution >= 0.6 is 0 Å². The predicted octanol–water partition coefficient (Wildman–Crippen LogP) is 4.09. The fourth-order valence-corrected chi connectivity index (χ4v) is 4.48. The summed E-state index contributed by atoms with van der Waals surface area (Å²) in [6, 6.07) is 7.68. The number of piperidine rings is 1. The van der Waals surface area contributed by atoms with Gasteiger partial charge in [-0.3, -0.25) is 9.59 Å². The van der Waals surface area contributed by atoms with Gasteiger partial charge in [-0.1, -0.05) is 18.6 Å². The van der Waals surface area contributed by atoms with E-state index in [1.807, 2.05) is 29.2 Å². The van der Waals surface area contributed by atoms with Crippen molar-refractivity contribution < 1.29 is 18.0 Å². The summed E-state index contributed by atoms with van der Waals surface area (Å²) in [7, 11) is -3.08. The standard InChI is InChI=1S/C22H33NO4S/c1-22(2,3)28(26,27)16-8-4-5-9-20(24)17-18-11-13-19(14-12-18)23-15-7-6-10-21(23)25/h11-14H,4-10,15-17H2,1-3H3. The molecule has 0 unspecified atom stereocenters. The Morgan fingerprint density at radius 3 is 2.32 bits per heavy atom. The Balaban J connectivity index is 1.72. The van der Waals surface area contributed by atoms with Crippen LogP contribution in [0, 0.1) is 0 Å². The van der Waals surface area contributed by atoms with Crippen LogP contribution in [0.25, 0.3) is 0 Å². The third kappa shape index (κ3) is 6.43. The number of carbonyl (C=O) groups is 2. The summed E-state index contributed by atoms with van der Waals surface area (Å²) in [6.45, 7) is 5.93. The minimum absolute atomic E-state index is 0.167. The molecular weight excluding hydrogens is 374 g/mol. The summed E-state index contributed by atoms with van der Waals surface area (Å²) >= 11 is 0. The zero-order valence-corrected chi connectivity index (χ0v) is 18.2. The molecule has 0 aromatic heterocycles. The van der Waals surface area contributed by atoms with Gasteiger partial charge in [-0.2, -0.15) is 0 Å². The highest BCUT2D eigenvalue weighted by molar-refractivity contribution is 7.92. The molecule has 1 saturated heterocycles. The molecule has 0 N–H and O–H groups in total. The molecular formula is C22H33NO4S. The topological polar surface area (TPSA) is 71.5 Å². The van der Waals surface area contributed by atoms with Gasteiger partial charge in [-0.25, -0.2) is 8.42 Å². The molecule has 0 radical (unpaired) electrons. The first-order valence-electron chi connectivity index (χ1n) is 10.2. The van der Waals surface area contributed by atoms with E-state index in [2.05, 4.69) is 0 Å². The number of carbonyl (C=O) groups excluding carboxylic acids is 2. The van der Waals surface area contributed by atoms with Crippen LogP contribution in [-0.2, 0) is 25.8 Å². The summed E-state index contributed by atoms with van der Waals surface area (Å²) in [4.78, 5) is 26.0. The Hall–Kier alpha value is -1.69. The van der Waals surface area contributed by atoms with Gasteiger partial charge < -0.3 is 4.90 Å². The minimum atomic E-state index is -3.08. The normalized spacial score (nSPS) is 15.7. The highest BCUT2D eigenvalue weighted by atomic mass is 32.2. The van der Waals surface area contributed by atoms with E-state index in [-0.39, 0.29) is 17.4 Å². The summed E-state index contributed by atoms with van der Waals surface area (Å²) in [5.74, 6) is 0.519. The highest BCUT2D eigenvalue weighted by Gasteiger charge is 2.28. The predicted molar refractivity (Wildman–Crippen MR) is 113 cm³/mol. The minimum Gasteiger partial charge on any atom is -0.312 e. The van der Waals surface area contributed by atoms with Gasteiger partial charge in [0.25, 0.3) is 0 Å². The van der Waals surface area contributed by atoms with Crippen LogP contribution in [0.4, 0.5) is 5.69 Å². The highest BCUT2D eigenvalue weighted by Crippen LogP contribution is 2.22. The fourth-order valence-electron chi connectivity index (χ4n) is 3.29. The lowest BCUT2D eigenvalue weighted by Crippen LogP contribution is -2.35. The van der Waals surface area contributed by atoms with E-state index in [0.29, 0.717) is 25.7 Å². The molecule has 1 fully saturated rings. The Morgan fingerprint density at radius 1 is 1.04 bits per heavy atom. The second kappa shape index (κ2) is 9.68. The molecule has 1 amide bonds.